The lowest BCUT2D eigenvalue weighted by Gasteiger charge is -2.23. The third-order valence-corrected chi connectivity index (χ3v) is 2.83. The van der Waals surface area contributed by atoms with Gasteiger partial charge < -0.3 is 15.4 Å². The van der Waals surface area contributed by atoms with Crippen molar-refractivity contribution in [2.24, 2.45) is 10.4 Å². The highest BCUT2D eigenvalue weighted by molar-refractivity contribution is 14.0. The summed E-state index contributed by atoms with van der Waals surface area (Å²) < 4.78 is 5.03. The first kappa shape index (κ1) is 22.2. The molecule has 0 rings (SSSR count). The van der Waals surface area contributed by atoms with Gasteiger partial charge >= 0.3 is 0 Å². The van der Waals surface area contributed by atoms with E-state index in [4.69, 9.17) is 4.74 Å². The molecule has 2 N–H and O–H groups in total. The molecule has 0 aliphatic heterocycles. The molecular formula is C15H34IN3O. The maximum absolute atomic E-state index is 5.03. The molecule has 0 saturated heterocycles. The first-order valence-corrected chi connectivity index (χ1v) is 7.43. The van der Waals surface area contributed by atoms with Gasteiger partial charge in [-0.25, -0.2) is 0 Å². The van der Waals surface area contributed by atoms with Crippen LogP contribution in [-0.2, 0) is 4.74 Å². The minimum absolute atomic E-state index is 0. The van der Waals surface area contributed by atoms with Crippen LogP contribution in [0.2, 0.25) is 0 Å². The third-order valence-electron chi connectivity index (χ3n) is 2.83. The molecule has 5 heteroatoms. The topological polar surface area (TPSA) is 45.7 Å². The summed E-state index contributed by atoms with van der Waals surface area (Å²) in [5, 5.41) is 6.75. The summed E-state index contributed by atoms with van der Waals surface area (Å²) in [6, 6.07) is 0.444. The first-order valence-electron chi connectivity index (χ1n) is 7.43. The van der Waals surface area contributed by atoms with Gasteiger partial charge in [-0.1, -0.05) is 20.8 Å². The molecule has 0 aliphatic carbocycles. The van der Waals surface area contributed by atoms with Crippen LogP contribution in [0.5, 0.6) is 0 Å². The molecule has 0 aromatic carbocycles. The fourth-order valence-corrected chi connectivity index (χ4v) is 1.67. The van der Waals surface area contributed by atoms with Gasteiger partial charge in [0, 0.05) is 32.8 Å². The summed E-state index contributed by atoms with van der Waals surface area (Å²) in [5.74, 6) is 0.917. The molecule has 1 unspecified atom stereocenters. The minimum Gasteiger partial charge on any atom is -0.385 e. The Balaban J connectivity index is 0. The van der Waals surface area contributed by atoms with Crippen molar-refractivity contribution in [3.05, 3.63) is 0 Å². The summed E-state index contributed by atoms with van der Waals surface area (Å²) in [6.07, 6.45) is 3.33. The van der Waals surface area contributed by atoms with E-state index in [2.05, 4.69) is 50.2 Å². The monoisotopic (exact) mass is 399 g/mol. The Bertz CT molecular complexity index is 252. The SMILES string of the molecule is CCNC(=NCCCOC)NC(C)CCC(C)(C)C.I. The highest BCUT2D eigenvalue weighted by atomic mass is 127. The molecule has 0 bridgehead atoms. The number of halogens is 1. The largest absolute Gasteiger partial charge is 0.385 e. The van der Waals surface area contributed by atoms with E-state index in [1.165, 1.54) is 6.42 Å². The lowest BCUT2D eigenvalue weighted by atomic mass is 9.89. The number of ether oxygens (including phenoxy) is 1. The number of nitrogens with zero attached hydrogens (tertiary/aromatic N) is 1. The zero-order valence-electron chi connectivity index (χ0n) is 14.1. The molecule has 1 atom stereocenters. The van der Waals surface area contributed by atoms with Crippen LogP contribution in [0, 0.1) is 5.41 Å². The molecule has 0 aromatic heterocycles. The van der Waals surface area contributed by atoms with Crippen LogP contribution in [0.15, 0.2) is 4.99 Å². The van der Waals surface area contributed by atoms with E-state index in [-0.39, 0.29) is 24.0 Å². The van der Waals surface area contributed by atoms with Gasteiger partial charge in [-0.15, -0.1) is 24.0 Å². The van der Waals surface area contributed by atoms with E-state index in [0.717, 1.165) is 38.5 Å². The number of aliphatic imine (C=N–C) groups is 1. The van der Waals surface area contributed by atoms with E-state index in [0.29, 0.717) is 11.5 Å². The number of methoxy groups -OCH3 is 1. The van der Waals surface area contributed by atoms with Gasteiger partial charge in [-0.05, 0) is 38.5 Å². The Hall–Kier alpha value is -0.0400. The summed E-state index contributed by atoms with van der Waals surface area (Å²) >= 11 is 0. The maximum atomic E-state index is 5.03. The van der Waals surface area contributed by atoms with Crippen molar-refractivity contribution < 1.29 is 4.74 Å². The molecule has 122 valence electrons. The Labute approximate surface area is 142 Å². The molecular weight excluding hydrogens is 365 g/mol. The third kappa shape index (κ3) is 14.4. The molecule has 0 aromatic rings. The Morgan fingerprint density at radius 2 is 1.95 bits per heavy atom. The lowest BCUT2D eigenvalue weighted by Crippen LogP contribution is -2.42. The van der Waals surface area contributed by atoms with E-state index in [1.54, 1.807) is 7.11 Å². The van der Waals surface area contributed by atoms with Crippen molar-refractivity contribution in [3.63, 3.8) is 0 Å². The van der Waals surface area contributed by atoms with Crippen LogP contribution in [0.25, 0.3) is 0 Å². The van der Waals surface area contributed by atoms with Gasteiger partial charge in [0.25, 0.3) is 0 Å². The number of hydrogen-bond donors (Lipinski definition) is 2. The van der Waals surface area contributed by atoms with Crippen LogP contribution in [0.1, 0.15) is 53.9 Å². The van der Waals surface area contributed by atoms with Gasteiger partial charge in [-0.3, -0.25) is 4.99 Å². The highest BCUT2D eigenvalue weighted by Crippen LogP contribution is 2.21. The zero-order chi connectivity index (χ0) is 14.7. The van der Waals surface area contributed by atoms with Crippen molar-refractivity contribution in [1.29, 1.82) is 0 Å². The Kier molecular flexibility index (Phi) is 14.1. The van der Waals surface area contributed by atoms with Gasteiger partial charge in [0.1, 0.15) is 0 Å². The van der Waals surface area contributed by atoms with Gasteiger partial charge in [-0.2, -0.15) is 0 Å². The molecule has 20 heavy (non-hydrogen) atoms. The quantitative estimate of drug-likeness (QED) is 0.285. The van der Waals surface area contributed by atoms with Crippen LogP contribution >= 0.6 is 24.0 Å². The standard InChI is InChI=1S/C15H33N3O.HI/c1-7-16-14(17-11-8-12-19-6)18-13(2)9-10-15(3,4)5;/h13H,7-12H2,1-6H3,(H2,16,17,18);1H. The molecule has 0 spiro atoms. The number of nitrogens with one attached hydrogen (secondary N) is 2. The van der Waals surface area contributed by atoms with Gasteiger partial charge in [0.15, 0.2) is 5.96 Å². The predicted molar refractivity (Wildman–Crippen MR) is 99.2 cm³/mol. The highest BCUT2D eigenvalue weighted by Gasteiger charge is 2.13. The Morgan fingerprint density at radius 1 is 1.30 bits per heavy atom. The van der Waals surface area contributed by atoms with Crippen LogP contribution < -0.4 is 10.6 Å². The minimum atomic E-state index is 0. The fourth-order valence-electron chi connectivity index (χ4n) is 1.67. The normalized spacial score (nSPS) is 13.6. The zero-order valence-corrected chi connectivity index (χ0v) is 16.4. The lowest BCUT2D eigenvalue weighted by molar-refractivity contribution is 0.197. The molecule has 0 radical (unpaired) electrons. The summed E-state index contributed by atoms with van der Waals surface area (Å²) in [5.41, 5.74) is 0.393. The van der Waals surface area contributed by atoms with Crippen molar-refractivity contribution in [2.45, 2.75) is 59.9 Å². The summed E-state index contributed by atoms with van der Waals surface area (Å²) in [4.78, 5) is 4.55. The second-order valence-electron chi connectivity index (χ2n) is 6.25. The van der Waals surface area contributed by atoms with Gasteiger partial charge in [0.05, 0.1) is 0 Å². The molecule has 4 nitrogen and oxygen atoms in total. The fraction of sp³-hybridized carbons (Fsp3) is 0.933. The average molecular weight is 399 g/mol. The second-order valence-corrected chi connectivity index (χ2v) is 6.25. The van der Waals surface area contributed by atoms with Crippen molar-refractivity contribution in [1.82, 2.24) is 10.6 Å². The first-order chi connectivity index (χ1) is 8.89. The van der Waals surface area contributed by atoms with Crippen LogP contribution in [0.3, 0.4) is 0 Å². The van der Waals surface area contributed by atoms with Crippen molar-refractivity contribution in [2.75, 3.05) is 26.8 Å². The summed E-state index contributed by atoms with van der Waals surface area (Å²) in [6.45, 7) is 13.6. The van der Waals surface area contributed by atoms with Crippen LogP contribution in [0.4, 0.5) is 0 Å². The molecule has 0 saturated carbocycles. The van der Waals surface area contributed by atoms with Crippen molar-refractivity contribution in [3.8, 4) is 0 Å². The molecule has 0 amide bonds. The average Bonchev–Trinajstić information content (AvgIpc) is 2.31. The van der Waals surface area contributed by atoms with E-state index in [9.17, 15) is 0 Å². The van der Waals surface area contributed by atoms with E-state index < -0.39 is 0 Å². The second kappa shape index (κ2) is 12.7. The van der Waals surface area contributed by atoms with E-state index >= 15 is 0 Å². The number of guanidine groups is 1. The smallest absolute Gasteiger partial charge is 0.191 e. The van der Waals surface area contributed by atoms with Gasteiger partial charge in [0.2, 0.25) is 0 Å². The van der Waals surface area contributed by atoms with Crippen molar-refractivity contribution >= 4 is 29.9 Å². The number of hydrogen-bond acceptors (Lipinski definition) is 2. The predicted octanol–water partition coefficient (Wildman–Crippen LogP) is 3.41. The Morgan fingerprint density at radius 3 is 2.45 bits per heavy atom. The van der Waals surface area contributed by atoms with E-state index in [1.807, 2.05) is 0 Å². The maximum Gasteiger partial charge on any atom is 0.191 e. The molecule has 0 aliphatic rings. The summed E-state index contributed by atoms with van der Waals surface area (Å²) in [7, 11) is 1.72. The number of rotatable bonds is 8. The molecule has 0 fully saturated rings. The van der Waals surface area contributed by atoms with Crippen LogP contribution in [-0.4, -0.2) is 38.8 Å². The molecule has 0 heterocycles.